The van der Waals surface area contributed by atoms with Crippen LogP contribution in [0.1, 0.15) is 29.9 Å². The van der Waals surface area contributed by atoms with Gasteiger partial charge in [-0.15, -0.1) is 0 Å². The van der Waals surface area contributed by atoms with Crippen LogP contribution in [0.2, 0.25) is 0 Å². The molecule has 3 N–H and O–H groups in total. The molecule has 1 fully saturated rings. The maximum atomic E-state index is 12.9. The van der Waals surface area contributed by atoms with Gasteiger partial charge in [0.2, 0.25) is 11.8 Å². The van der Waals surface area contributed by atoms with Gasteiger partial charge in [0.1, 0.15) is 12.6 Å². The lowest BCUT2D eigenvalue weighted by molar-refractivity contribution is -0.141. The molecule has 2 aromatic carbocycles. The average molecular weight is 451 g/mol. The van der Waals surface area contributed by atoms with Gasteiger partial charge in [0.15, 0.2) is 0 Å². The molecular formula is C24H25N3O6. The van der Waals surface area contributed by atoms with E-state index in [4.69, 9.17) is 9.84 Å². The predicted molar refractivity (Wildman–Crippen MR) is 118 cm³/mol. The zero-order valence-corrected chi connectivity index (χ0v) is 18.0. The molecule has 0 bridgehead atoms. The summed E-state index contributed by atoms with van der Waals surface area (Å²) in [7, 11) is 0. The smallest absolute Gasteiger partial charge is 0.407 e. The first-order chi connectivity index (χ1) is 15.9. The van der Waals surface area contributed by atoms with E-state index >= 15 is 0 Å². The first-order valence-electron chi connectivity index (χ1n) is 10.8. The van der Waals surface area contributed by atoms with E-state index in [1.54, 1.807) is 0 Å². The van der Waals surface area contributed by atoms with Crippen LogP contribution in [0.3, 0.4) is 0 Å². The summed E-state index contributed by atoms with van der Waals surface area (Å²) < 4.78 is 5.49. The number of piperazine rings is 1. The number of carbonyl (C=O) groups excluding carboxylic acids is 3. The normalized spacial score (nSPS) is 15.8. The largest absolute Gasteiger partial charge is 0.481 e. The van der Waals surface area contributed by atoms with Gasteiger partial charge in [0, 0.05) is 25.4 Å². The zero-order valence-electron chi connectivity index (χ0n) is 18.0. The number of alkyl carbamates (subject to hydrolysis) is 1. The van der Waals surface area contributed by atoms with Crippen LogP contribution in [0.25, 0.3) is 11.1 Å². The molecule has 1 unspecified atom stereocenters. The Hall–Kier alpha value is -3.88. The summed E-state index contributed by atoms with van der Waals surface area (Å²) in [6.45, 7) is 0.544. The molecule has 4 rings (SSSR count). The van der Waals surface area contributed by atoms with Crippen molar-refractivity contribution in [2.75, 3.05) is 26.2 Å². The maximum Gasteiger partial charge on any atom is 0.407 e. The van der Waals surface area contributed by atoms with Crippen molar-refractivity contribution in [2.45, 2.75) is 24.8 Å². The van der Waals surface area contributed by atoms with Crippen LogP contribution in [-0.4, -0.2) is 66.2 Å². The van der Waals surface area contributed by atoms with Crippen molar-refractivity contribution in [1.82, 2.24) is 15.5 Å². The molecule has 2 aromatic rings. The second-order valence-corrected chi connectivity index (χ2v) is 8.06. The van der Waals surface area contributed by atoms with Crippen LogP contribution >= 0.6 is 0 Å². The molecule has 172 valence electrons. The fraction of sp³-hybridized carbons (Fsp3) is 0.333. The summed E-state index contributed by atoms with van der Waals surface area (Å²) in [6.07, 6.45) is -1.21. The van der Waals surface area contributed by atoms with Crippen molar-refractivity contribution in [3.8, 4) is 11.1 Å². The third kappa shape index (κ3) is 4.97. The molecule has 0 saturated carbocycles. The molecule has 1 atom stereocenters. The Kier molecular flexibility index (Phi) is 6.58. The number of nitrogens with one attached hydrogen (secondary N) is 2. The van der Waals surface area contributed by atoms with E-state index in [1.165, 1.54) is 4.90 Å². The third-order valence-electron chi connectivity index (χ3n) is 5.93. The number of carbonyl (C=O) groups is 4. The van der Waals surface area contributed by atoms with Crippen LogP contribution in [0.5, 0.6) is 0 Å². The quantitative estimate of drug-likeness (QED) is 0.589. The number of hydrogen-bond donors (Lipinski definition) is 3. The second kappa shape index (κ2) is 9.72. The molecule has 1 saturated heterocycles. The highest BCUT2D eigenvalue weighted by Gasteiger charge is 2.32. The van der Waals surface area contributed by atoms with Crippen LogP contribution in [0.4, 0.5) is 4.79 Å². The van der Waals surface area contributed by atoms with Crippen LogP contribution in [0.15, 0.2) is 48.5 Å². The summed E-state index contributed by atoms with van der Waals surface area (Å²) in [6, 6.07) is 14.8. The molecule has 1 heterocycles. The molecule has 2 aliphatic rings. The fourth-order valence-electron chi connectivity index (χ4n) is 4.35. The Morgan fingerprint density at radius 2 is 1.73 bits per heavy atom. The van der Waals surface area contributed by atoms with E-state index in [0.717, 1.165) is 22.3 Å². The van der Waals surface area contributed by atoms with Gasteiger partial charge in [-0.05, 0) is 28.7 Å². The lowest BCUT2D eigenvalue weighted by Crippen LogP contribution is -2.56. The van der Waals surface area contributed by atoms with Gasteiger partial charge in [-0.25, -0.2) is 4.79 Å². The summed E-state index contributed by atoms with van der Waals surface area (Å²) in [4.78, 5) is 49.4. The number of carboxylic acid groups (broad SMARTS) is 1. The van der Waals surface area contributed by atoms with Crippen molar-refractivity contribution in [3.63, 3.8) is 0 Å². The Morgan fingerprint density at radius 1 is 1.09 bits per heavy atom. The predicted octanol–water partition coefficient (Wildman–Crippen LogP) is 1.72. The summed E-state index contributed by atoms with van der Waals surface area (Å²) >= 11 is 0. The van der Waals surface area contributed by atoms with Gasteiger partial charge in [-0.2, -0.15) is 0 Å². The Labute approximate surface area is 190 Å². The van der Waals surface area contributed by atoms with Gasteiger partial charge in [-0.1, -0.05) is 48.5 Å². The summed E-state index contributed by atoms with van der Waals surface area (Å²) in [5, 5.41) is 14.2. The van der Waals surface area contributed by atoms with E-state index in [1.807, 2.05) is 48.5 Å². The Bertz CT molecular complexity index is 1040. The number of nitrogens with zero attached hydrogens (tertiary/aromatic N) is 1. The van der Waals surface area contributed by atoms with Crippen molar-refractivity contribution < 1.29 is 29.0 Å². The highest BCUT2D eigenvalue weighted by atomic mass is 16.5. The SMILES string of the molecule is O=C(O)CCC(NC(=O)OCC1c2ccccc2-c2ccccc21)C(=O)N1CCNC(=O)C1. The number of benzene rings is 2. The second-order valence-electron chi connectivity index (χ2n) is 8.06. The Morgan fingerprint density at radius 3 is 2.33 bits per heavy atom. The van der Waals surface area contributed by atoms with Gasteiger partial charge < -0.3 is 25.4 Å². The summed E-state index contributed by atoms with van der Waals surface area (Å²) in [5.41, 5.74) is 4.31. The third-order valence-corrected chi connectivity index (χ3v) is 5.93. The molecular weight excluding hydrogens is 426 g/mol. The van der Waals surface area contributed by atoms with Gasteiger partial charge in [-0.3, -0.25) is 14.4 Å². The fourth-order valence-corrected chi connectivity index (χ4v) is 4.35. The Balaban J connectivity index is 1.43. The number of rotatable bonds is 7. The van der Waals surface area contributed by atoms with Gasteiger partial charge in [0.25, 0.3) is 0 Å². The van der Waals surface area contributed by atoms with E-state index in [9.17, 15) is 19.2 Å². The molecule has 9 heteroatoms. The molecule has 33 heavy (non-hydrogen) atoms. The number of aliphatic carboxylic acids is 1. The number of fused-ring (bicyclic) bond motifs is 3. The molecule has 0 radical (unpaired) electrons. The lowest BCUT2D eigenvalue weighted by atomic mass is 9.98. The van der Waals surface area contributed by atoms with Crippen LogP contribution in [-0.2, 0) is 19.1 Å². The minimum absolute atomic E-state index is 0.0752. The maximum absolute atomic E-state index is 12.9. The lowest BCUT2D eigenvalue weighted by Gasteiger charge is -2.30. The van der Waals surface area contributed by atoms with Gasteiger partial charge >= 0.3 is 12.1 Å². The van der Waals surface area contributed by atoms with Crippen LogP contribution < -0.4 is 10.6 Å². The van der Waals surface area contributed by atoms with E-state index < -0.39 is 24.0 Å². The van der Waals surface area contributed by atoms with Crippen molar-refractivity contribution >= 4 is 23.9 Å². The topological polar surface area (TPSA) is 125 Å². The molecule has 3 amide bonds. The van der Waals surface area contributed by atoms with Crippen molar-refractivity contribution in [2.24, 2.45) is 0 Å². The highest BCUT2D eigenvalue weighted by Crippen LogP contribution is 2.44. The number of ether oxygens (including phenoxy) is 1. The first-order valence-corrected chi connectivity index (χ1v) is 10.8. The molecule has 1 aliphatic heterocycles. The van der Waals surface area contributed by atoms with Gasteiger partial charge in [0.05, 0.1) is 6.54 Å². The molecule has 9 nitrogen and oxygen atoms in total. The number of amides is 3. The first kappa shape index (κ1) is 22.3. The zero-order chi connectivity index (χ0) is 23.4. The highest BCUT2D eigenvalue weighted by molar-refractivity contribution is 5.90. The van der Waals surface area contributed by atoms with E-state index in [0.29, 0.717) is 13.1 Å². The number of hydrogen-bond acceptors (Lipinski definition) is 5. The van der Waals surface area contributed by atoms with E-state index in [2.05, 4.69) is 10.6 Å². The minimum atomic E-state index is -1.09. The average Bonchev–Trinajstić information content (AvgIpc) is 3.13. The molecule has 1 aliphatic carbocycles. The molecule has 0 aromatic heterocycles. The molecule has 0 spiro atoms. The minimum Gasteiger partial charge on any atom is -0.481 e. The van der Waals surface area contributed by atoms with Crippen molar-refractivity contribution in [3.05, 3.63) is 59.7 Å². The standard InChI is InChI=1S/C24H25N3O6/c28-21-13-27(12-11-25-21)23(31)20(9-10-22(29)30)26-24(32)33-14-19-17-7-3-1-5-15(17)16-6-2-4-8-18(16)19/h1-8,19-20H,9-14H2,(H,25,28)(H,26,32)(H,29,30). The van der Waals surface area contributed by atoms with Crippen LogP contribution in [0, 0.1) is 0 Å². The monoisotopic (exact) mass is 451 g/mol. The summed E-state index contributed by atoms with van der Waals surface area (Å²) in [5.74, 6) is -2.02. The van der Waals surface area contributed by atoms with E-state index in [-0.39, 0.29) is 37.8 Å². The van der Waals surface area contributed by atoms with Crippen molar-refractivity contribution in [1.29, 1.82) is 0 Å². The number of carboxylic acids is 1.